The van der Waals surface area contributed by atoms with Crippen LogP contribution in [0.15, 0.2) is 36.0 Å². The fraction of sp³-hybridized carbons (Fsp3) is 0.444. The first-order valence-electron chi connectivity index (χ1n) is 8.33. The number of aliphatic hydroxyl groups is 1. The molecule has 1 atom stereocenters. The van der Waals surface area contributed by atoms with Crippen molar-refractivity contribution >= 4 is 11.6 Å². The lowest BCUT2D eigenvalue weighted by Gasteiger charge is -2.34. The molecule has 1 aliphatic rings. The second-order valence-corrected chi connectivity index (χ2v) is 6.05. The first kappa shape index (κ1) is 19.8. The summed E-state index contributed by atoms with van der Waals surface area (Å²) in [5, 5.41) is 20.6. The zero-order chi connectivity index (χ0) is 19.2. The lowest BCUT2D eigenvalue weighted by molar-refractivity contribution is -0.137. The Morgan fingerprint density at radius 2 is 2.12 bits per heavy atom. The van der Waals surface area contributed by atoms with E-state index in [0.717, 1.165) is 31.4 Å². The van der Waals surface area contributed by atoms with Crippen LogP contribution in [-0.4, -0.2) is 35.1 Å². The van der Waals surface area contributed by atoms with E-state index in [4.69, 9.17) is 5.11 Å². The van der Waals surface area contributed by atoms with Crippen LogP contribution in [0.5, 0.6) is 0 Å². The van der Waals surface area contributed by atoms with Crippen LogP contribution in [0.4, 0.5) is 18.9 Å². The summed E-state index contributed by atoms with van der Waals surface area (Å²) in [6.07, 6.45) is -0.0236. The number of alkyl halides is 3. The highest BCUT2D eigenvalue weighted by Gasteiger charge is 2.33. The molecule has 1 aliphatic heterocycles. The maximum Gasteiger partial charge on any atom is 0.418 e. The van der Waals surface area contributed by atoms with Crippen LogP contribution in [-0.2, 0) is 11.0 Å². The second-order valence-electron chi connectivity index (χ2n) is 6.05. The average molecular weight is 367 g/mol. The molecule has 0 bridgehead atoms. The van der Waals surface area contributed by atoms with Crippen LogP contribution in [0.2, 0.25) is 0 Å². The van der Waals surface area contributed by atoms with Crippen molar-refractivity contribution in [1.29, 1.82) is 5.26 Å². The molecule has 1 aromatic rings. The van der Waals surface area contributed by atoms with E-state index in [1.165, 1.54) is 18.3 Å². The molecule has 1 unspecified atom stereocenters. The van der Waals surface area contributed by atoms with Gasteiger partial charge in [-0.3, -0.25) is 4.79 Å². The van der Waals surface area contributed by atoms with Gasteiger partial charge >= 0.3 is 6.18 Å². The number of rotatable bonds is 5. The Morgan fingerprint density at radius 1 is 1.38 bits per heavy atom. The Kier molecular flexibility index (Phi) is 6.64. The SMILES string of the molecule is N#C/C(=C/N1CCCCC1CCO)C(=O)Nc1ccccc1C(F)(F)F. The number of piperidine rings is 1. The number of nitriles is 1. The molecule has 1 saturated heterocycles. The van der Waals surface area contributed by atoms with Gasteiger partial charge in [0, 0.05) is 25.4 Å². The van der Waals surface area contributed by atoms with E-state index in [0.29, 0.717) is 13.0 Å². The van der Waals surface area contributed by atoms with E-state index in [-0.39, 0.29) is 18.2 Å². The maximum absolute atomic E-state index is 13.0. The van der Waals surface area contributed by atoms with Gasteiger partial charge in [-0.2, -0.15) is 18.4 Å². The minimum Gasteiger partial charge on any atom is -0.396 e. The van der Waals surface area contributed by atoms with Crippen molar-refractivity contribution < 1.29 is 23.1 Å². The number of hydrogen-bond donors (Lipinski definition) is 2. The van der Waals surface area contributed by atoms with E-state index in [1.807, 2.05) is 4.90 Å². The summed E-state index contributed by atoms with van der Waals surface area (Å²) in [6.45, 7) is 0.615. The third-order valence-electron chi connectivity index (χ3n) is 4.28. The molecule has 5 nitrogen and oxygen atoms in total. The number of likely N-dealkylation sites (tertiary alicyclic amines) is 1. The van der Waals surface area contributed by atoms with Gasteiger partial charge in [-0.25, -0.2) is 0 Å². The summed E-state index contributed by atoms with van der Waals surface area (Å²) < 4.78 is 39.1. The minimum absolute atomic E-state index is 0.00682. The Morgan fingerprint density at radius 3 is 2.77 bits per heavy atom. The summed E-state index contributed by atoms with van der Waals surface area (Å²) in [5.74, 6) is -0.891. The number of nitrogens with one attached hydrogen (secondary N) is 1. The molecule has 1 heterocycles. The molecule has 1 fully saturated rings. The quantitative estimate of drug-likeness (QED) is 0.619. The minimum atomic E-state index is -4.61. The van der Waals surface area contributed by atoms with Gasteiger partial charge in [0.25, 0.3) is 5.91 Å². The van der Waals surface area contributed by atoms with Gasteiger partial charge in [0.05, 0.1) is 11.3 Å². The van der Waals surface area contributed by atoms with Gasteiger partial charge in [0.2, 0.25) is 0 Å². The predicted molar refractivity (Wildman–Crippen MR) is 89.8 cm³/mol. The topological polar surface area (TPSA) is 76.4 Å². The molecule has 2 rings (SSSR count). The molecule has 0 aromatic heterocycles. The molecule has 140 valence electrons. The molecule has 1 aromatic carbocycles. The molecular formula is C18H20F3N3O2. The molecule has 0 spiro atoms. The Hall–Kier alpha value is -2.53. The highest BCUT2D eigenvalue weighted by atomic mass is 19.4. The van der Waals surface area contributed by atoms with Gasteiger partial charge in [-0.1, -0.05) is 12.1 Å². The molecule has 0 aliphatic carbocycles. The summed E-state index contributed by atoms with van der Waals surface area (Å²) in [6, 6.07) is 6.38. The normalized spacial score (nSPS) is 18.3. The number of benzene rings is 1. The van der Waals surface area contributed by atoms with Crippen LogP contribution in [0.1, 0.15) is 31.2 Å². The molecular weight excluding hydrogens is 347 g/mol. The summed E-state index contributed by atoms with van der Waals surface area (Å²) in [4.78, 5) is 14.1. The van der Waals surface area contributed by atoms with E-state index in [1.54, 1.807) is 6.07 Å². The highest BCUT2D eigenvalue weighted by molar-refractivity contribution is 6.06. The van der Waals surface area contributed by atoms with Crippen LogP contribution >= 0.6 is 0 Å². The van der Waals surface area contributed by atoms with E-state index in [2.05, 4.69) is 5.32 Å². The fourth-order valence-electron chi connectivity index (χ4n) is 2.98. The third-order valence-corrected chi connectivity index (χ3v) is 4.28. The maximum atomic E-state index is 13.0. The number of amides is 1. The lowest BCUT2D eigenvalue weighted by Crippen LogP contribution is -2.37. The number of halogens is 3. The van der Waals surface area contributed by atoms with Crippen LogP contribution < -0.4 is 5.32 Å². The molecule has 8 heteroatoms. The van der Waals surface area contributed by atoms with E-state index < -0.39 is 23.3 Å². The van der Waals surface area contributed by atoms with Gasteiger partial charge < -0.3 is 15.3 Å². The molecule has 2 N–H and O–H groups in total. The van der Waals surface area contributed by atoms with Crippen molar-refractivity contribution in [3.05, 3.63) is 41.6 Å². The predicted octanol–water partition coefficient (Wildman–Crippen LogP) is 3.29. The first-order chi connectivity index (χ1) is 12.4. The third kappa shape index (κ3) is 4.99. The second kappa shape index (κ2) is 8.72. The number of carbonyl (C=O) groups is 1. The van der Waals surface area contributed by atoms with Crippen molar-refractivity contribution in [3.63, 3.8) is 0 Å². The lowest BCUT2D eigenvalue weighted by atomic mass is 10.00. The zero-order valence-corrected chi connectivity index (χ0v) is 14.1. The summed E-state index contributed by atoms with van der Waals surface area (Å²) in [7, 11) is 0. The average Bonchev–Trinajstić information content (AvgIpc) is 2.60. The number of carbonyl (C=O) groups excluding carboxylic acids is 1. The zero-order valence-electron chi connectivity index (χ0n) is 14.1. The Balaban J connectivity index is 2.21. The van der Waals surface area contributed by atoms with Crippen molar-refractivity contribution in [3.8, 4) is 6.07 Å². The number of hydrogen-bond acceptors (Lipinski definition) is 4. The number of anilines is 1. The standard InChI is InChI=1S/C18H20F3N3O2/c19-18(20,21)15-6-1-2-7-16(15)23-17(26)13(11-22)12-24-9-4-3-5-14(24)8-10-25/h1-2,6-7,12,14,25H,3-5,8-10H2,(H,23,26)/b13-12-. The Bertz CT molecular complexity index is 708. The van der Waals surface area contributed by atoms with Crippen molar-refractivity contribution in [2.24, 2.45) is 0 Å². The number of aliphatic hydroxyl groups excluding tert-OH is 1. The summed E-state index contributed by atoms with van der Waals surface area (Å²) in [5.41, 5.74) is -1.63. The van der Waals surface area contributed by atoms with E-state index >= 15 is 0 Å². The number of para-hydroxylation sites is 1. The fourth-order valence-corrected chi connectivity index (χ4v) is 2.98. The molecule has 26 heavy (non-hydrogen) atoms. The van der Waals surface area contributed by atoms with Crippen LogP contribution in [0.3, 0.4) is 0 Å². The molecule has 0 radical (unpaired) electrons. The van der Waals surface area contributed by atoms with E-state index in [9.17, 15) is 23.2 Å². The largest absolute Gasteiger partial charge is 0.418 e. The van der Waals surface area contributed by atoms with Crippen LogP contribution in [0.25, 0.3) is 0 Å². The van der Waals surface area contributed by atoms with Crippen molar-refractivity contribution in [2.45, 2.75) is 37.9 Å². The van der Waals surface area contributed by atoms with Gasteiger partial charge in [-0.05, 0) is 37.8 Å². The first-order valence-corrected chi connectivity index (χ1v) is 8.33. The molecule has 1 amide bonds. The van der Waals surface area contributed by atoms with Crippen LogP contribution in [0, 0.1) is 11.3 Å². The summed E-state index contributed by atoms with van der Waals surface area (Å²) >= 11 is 0. The number of nitrogens with zero attached hydrogens (tertiary/aromatic N) is 2. The van der Waals surface area contributed by atoms with Crippen molar-refractivity contribution in [1.82, 2.24) is 4.90 Å². The van der Waals surface area contributed by atoms with Gasteiger partial charge in [0.1, 0.15) is 11.6 Å². The van der Waals surface area contributed by atoms with Gasteiger partial charge in [-0.15, -0.1) is 0 Å². The van der Waals surface area contributed by atoms with Crippen molar-refractivity contribution in [2.75, 3.05) is 18.5 Å². The monoisotopic (exact) mass is 367 g/mol. The highest BCUT2D eigenvalue weighted by Crippen LogP contribution is 2.34. The Labute approximate surface area is 149 Å². The smallest absolute Gasteiger partial charge is 0.396 e. The molecule has 0 saturated carbocycles. The van der Waals surface area contributed by atoms with Gasteiger partial charge in [0.15, 0.2) is 0 Å².